The third-order valence-corrected chi connectivity index (χ3v) is 4.58. The van der Waals surface area contributed by atoms with Crippen LogP contribution in [0.4, 0.5) is 0 Å². The van der Waals surface area contributed by atoms with Gasteiger partial charge in [-0.05, 0) is 0 Å². The summed E-state index contributed by atoms with van der Waals surface area (Å²) in [5.41, 5.74) is 0. The van der Waals surface area contributed by atoms with Crippen LogP contribution in [0, 0.1) is 0 Å². The Bertz CT molecular complexity index is 125. The van der Waals surface area contributed by atoms with Crippen molar-refractivity contribution >= 4 is 7.74 Å². The average Bonchev–Trinajstić information content (AvgIpc) is 2.52. The van der Waals surface area contributed by atoms with Gasteiger partial charge in [-0.1, -0.05) is 0 Å². The van der Waals surface area contributed by atoms with Crippen molar-refractivity contribution in [1.82, 2.24) is 0 Å². The molecule has 6 heteroatoms. The molecule has 1 heterocycles. The van der Waals surface area contributed by atoms with E-state index in [2.05, 4.69) is 0 Å². The van der Waals surface area contributed by atoms with E-state index in [9.17, 15) is 0 Å². The molecule has 0 amide bonds. The van der Waals surface area contributed by atoms with Crippen molar-refractivity contribution in [2.45, 2.75) is 0 Å². The van der Waals surface area contributed by atoms with Crippen LogP contribution in [0.15, 0.2) is 0 Å². The van der Waals surface area contributed by atoms with Crippen molar-refractivity contribution in [3.05, 3.63) is 0 Å². The van der Waals surface area contributed by atoms with Crippen LogP contribution in [0.1, 0.15) is 0 Å². The van der Waals surface area contributed by atoms with Gasteiger partial charge >= 0.3 is 64.9 Å². The molecule has 0 aliphatic carbocycles. The van der Waals surface area contributed by atoms with Crippen molar-refractivity contribution in [3.63, 3.8) is 0 Å². The summed E-state index contributed by atoms with van der Waals surface area (Å²) < 4.78 is 25.5. The average molecular weight is 184 g/mol. The molecule has 0 radical (unpaired) electrons. The van der Waals surface area contributed by atoms with Crippen molar-refractivity contribution in [3.8, 4) is 0 Å². The van der Waals surface area contributed by atoms with Gasteiger partial charge < -0.3 is 0 Å². The van der Waals surface area contributed by atoms with Crippen LogP contribution in [0.25, 0.3) is 0 Å². The van der Waals surface area contributed by atoms with Gasteiger partial charge in [0.05, 0.1) is 0 Å². The minimum absolute atomic E-state index is 0.438. The quantitative estimate of drug-likeness (QED) is 0.614. The molecular formula is C5H13O5P. The third-order valence-electron chi connectivity index (χ3n) is 1.58. The third kappa shape index (κ3) is 1.28. The summed E-state index contributed by atoms with van der Waals surface area (Å²) in [6.07, 6.45) is 0. The standard InChI is InChI=1S/C5H13O5P/c1-6-11(7-2,8-3)9-4-5-10-11/h4-5H2,1-3H3. The molecule has 0 aromatic heterocycles. The fraction of sp³-hybridized carbons (Fsp3) is 1.00. The first kappa shape index (κ1) is 9.32. The molecule has 0 N–H and O–H groups in total. The van der Waals surface area contributed by atoms with Gasteiger partial charge in [0, 0.05) is 0 Å². The predicted octanol–water partition coefficient (Wildman–Crippen LogP) is 1.10. The van der Waals surface area contributed by atoms with E-state index in [1.807, 2.05) is 0 Å². The molecule has 0 aromatic rings. The van der Waals surface area contributed by atoms with Crippen LogP contribution in [-0.2, 0) is 22.6 Å². The van der Waals surface area contributed by atoms with Gasteiger partial charge in [0.2, 0.25) is 0 Å². The maximum absolute atomic E-state index is 5.22. The van der Waals surface area contributed by atoms with E-state index in [0.29, 0.717) is 13.2 Å². The molecule has 0 aromatic carbocycles. The Morgan fingerprint density at radius 3 is 1.45 bits per heavy atom. The van der Waals surface area contributed by atoms with E-state index in [1.165, 1.54) is 21.3 Å². The molecular weight excluding hydrogens is 171 g/mol. The zero-order chi connectivity index (χ0) is 8.40. The fourth-order valence-corrected chi connectivity index (χ4v) is 2.85. The van der Waals surface area contributed by atoms with E-state index in [4.69, 9.17) is 22.6 Å². The summed E-state index contributed by atoms with van der Waals surface area (Å²) in [6.45, 7) is 0.876. The van der Waals surface area contributed by atoms with Crippen molar-refractivity contribution < 1.29 is 22.6 Å². The van der Waals surface area contributed by atoms with Gasteiger partial charge in [0.25, 0.3) is 0 Å². The van der Waals surface area contributed by atoms with Crippen LogP contribution in [0.5, 0.6) is 0 Å². The first-order valence-corrected chi connectivity index (χ1v) is 5.04. The molecule has 11 heavy (non-hydrogen) atoms. The molecule has 0 atom stereocenters. The van der Waals surface area contributed by atoms with Gasteiger partial charge in [-0.3, -0.25) is 0 Å². The second kappa shape index (κ2) is 2.94. The number of hydrogen-bond acceptors (Lipinski definition) is 5. The molecule has 1 fully saturated rings. The summed E-state index contributed by atoms with van der Waals surface area (Å²) in [7, 11) is 0.755. The SMILES string of the molecule is COP1(OC)(OC)OCCO1. The maximum atomic E-state index is 5.22. The van der Waals surface area contributed by atoms with Gasteiger partial charge in [-0.2, -0.15) is 0 Å². The van der Waals surface area contributed by atoms with Crippen LogP contribution in [0.2, 0.25) is 0 Å². The van der Waals surface area contributed by atoms with Gasteiger partial charge in [-0.15, -0.1) is 0 Å². The summed E-state index contributed by atoms with van der Waals surface area (Å²) in [5, 5.41) is 0. The zero-order valence-corrected chi connectivity index (χ0v) is 7.80. The molecule has 5 nitrogen and oxygen atoms in total. The van der Waals surface area contributed by atoms with Gasteiger partial charge in [0.15, 0.2) is 0 Å². The van der Waals surface area contributed by atoms with E-state index >= 15 is 0 Å². The predicted molar refractivity (Wildman–Crippen MR) is 39.9 cm³/mol. The first-order chi connectivity index (χ1) is 5.20. The monoisotopic (exact) mass is 184 g/mol. The van der Waals surface area contributed by atoms with Crippen molar-refractivity contribution in [1.29, 1.82) is 0 Å². The minimum atomic E-state index is -3.57. The molecule has 1 saturated heterocycles. The molecule has 1 aliphatic heterocycles. The van der Waals surface area contributed by atoms with E-state index in [-0.39, 0.29) is 0 Å². The Labute approximate surface area is 65.9 Å². The summed E-state index contributed by atoms with van der Waals surface area (Å²) in [6, 6.07) is 0. The molecule has 1 rings (SSSR count). The Morgan fingerprint density at radius 1 is 0.909 bits per heavy atom. The van der Waals surface area contributed by atoms with Crippen LogP contribution in [-0.4, -0.2) is 34.5 Å². The Balaban J connectivity index is 2.83. The molecule has 0 bridgehead atoms. The van der Waals surface area contributed by atoms with Crippen LogP contribution in [0.3, 0.4) is 0 Å². The van der Waals surface area contributed by atoms with Gasteiger partial charge in [0.1, 0.15) is 0 Å². The summed E-state index contributed by atoms with van der Waals surface area (Å²) in [5.74, 6) is 0. The molecule has 0 unspecified atom stereocenters. The van der Waals surface area contributed by atoms with E-state index in [1.54, 1.807) is 0 Å². The van der Waals surface area contributed by atoms with E-state index < -0.39 is 7.74 Å². The van der Waals surface area contributed by atoms with Crippen molar-refractivity contribution in [2.75, 3.05) is 34.5 Å². The Kier molecular flexibility index (Phi) is 2.49. The zero-order valence-electron chi connectivity index (χ0n) is 6.90. The Morgan fingerprint density at radius 2 is 1.27 bits per heavy atom. The second-order valence-electron chi connectivity index (χ2n) is 1.96. The molecule has 0 spiro atoms. The summed E-state index contributed by atoms with van der Waals surface area (Å²) >= 11 is 0. The van der Waals surface area contributed by atoms with Gasteiger partial charge in [-0.25, -0.2) is 0 Å². The second-order valence-corrected chi connectivity index (χ2v) is 5.06. The van der Waals surface area contributed by atoms with Crippen LogP contribution < -0.4 is 0 Å². The molecule has 68 valence electrons. The van der Waals surface area contributed by atoms with Crippen LogP contribution >= 0.6 is 7.74 Å². The fourth-order valence-electron chi connectivity index (χ4n) is 0.950. The topological polar surface area (TPSA) is 46.2 Å². The van der Waals surface area contributed by atoms with E-state index in [0.717, 1.165) is 0 Å². The number of hydrogen-bond donors (Lipinski definition) is 0. The molecule has 0 saturated carbocycles. The summed E-state index contributed by atoms with van der Waals surface area (Å²) in [4.78, 5) is 0. The normalized spacial score (nSPS) is 31.0. The first-order valence-electron chi connectivity index (χ1n) is 3.21. The van der Waals surface area contributed by atoms with Crippen molar-refractivity contribution in [2.24, 2.45) is 0 Å². The molecule has 1 aliphatic rings. The number of rotatable bonds is 3. The Hall–Kier alpha value is 0.230.